The Morgan fingerprint density at radius 2 is 1.07 bits per heavy atom. The van der Waals surface area contributed by atoms with Crippen molar-refractivity contribution in [1.29, 1.82) is 0 Å². The first kappa shape index (κ1) is 63.8. The molecule has 9 heteroatoms. The number of carbonyl (C=O) groups is 2. The van der Waals surface area contributed by atoms with Gasteiger partial charge in [-0.2, -0.15) is 0 Å². The lowest BCUT2D eigenvalue weighted by atomic mass is 9.59. The molecule has 7 nitrogen and oxygen atoms in total. The van der Waals surface area contributed by atoms with Gasteiger partial charge in [0.15, 0.2) is 0 Å². The zero-order valence-corrected chi connectivity index (χ0v) is 51.8. The first-order valence-corrected chi connectivity index (χ1v) is 30.7. The van der Waals surface area contributed by atoms with E-state index in [1.807, 2.05) is 0 Å². The molecule has 1 aliphatic rings. The summed E-state index contributed by atoms with van der Waals surface area (Å²) in [5.41, 5.74) is 8.85. The Morgan fingerprint density at radius 3 is 1.53 bits per heavy atom. The number of carbonyl (C=O) groups excluding carboxylic acids is 2. The van der Waals surface area contributed by atoms with Crippen LogP contribution in [0.1, 0.15) is 222 Å². The standard InChI is InChI=1S/C66H100O7Si2/c1-18-21-23-26-49-29-31-51(32-30-49)52-33-35-53(36-34-52)58-38-37-54(44-50(58)20-3)57-45-55(27-24-41-70-60(67)47(4)5)59(56(46-57)28-25-42-71-61(68)48(6)7)69-43-40-66(39-22-19-2,64(14,15)72-74-62(8,9)10)65(16,17)73-75-63(11,12)13/h33-38,44-46,49,51H,4,6,18-32,39-43H2,1-3,5,7-17H3. The van der Waals surface area contributed by atoms with Gasteiger partial charge in [-0.1, -0.05) is 156 Å². The molecule has 0 aromatic heterocycles. The highest BCUT2D eigenvalue weighted by Gasteiger charge is 2.56. The fraction of sp³-hybridized carbons (Fsp3) is 0.636. The van der Waals surface area contributed by atoms with Crippen LogP contribution in [-0.4, -0.2) is 62.5 Å². The molecule has 0 heterocycles. The van der Waals surface area contributed by atoms with E-state index < -0.39 is 16.6 Å². The average molecular weight is 1060 g/mol. The van der Waals surface area contributed by atoms with Gasteiger partial charge in [0.1, 0.15) is 5.75 Å². The first-order chi connectivity index (χ1) is 35.3. The van der Waals surface area contributed by atoms with Crippen LogP contribution in [0.15, 0.2) is 78.9 Å². The lowest BCUT2D eigenvalue weighted by Gasteiger charge is -2.56. The molecule has 0 amide bonds. The van der Waals surface area contributed by atoms with Crippen LogP contribution < -0.4 is 4.74 Å². The predicted octanol–water partition coefficient (Wildman–Crippen LogP) is 17.8. The zero-order chi connectivity index (χ0) is 55.6. The molecule has 0 unspecified atom stereocenters. The molecule has 1 aliphatic carbocycles. The van der Waals surface area contributed by atoms with Crippen molar-refractivity contribution in [2.45, 2.75) is 240 Å². The normalized spacial score (nSPS) is 15.7. The van der Waals surface area contributed by atoms with Crippen LogP contribution in [0.3, 0.4) is 0 Å². The van der Waals surface area contributed by atoms with Gasteiger partial charge in [0.25, 0.3) is 0 Å². The number of unbranched alkanes of at least 4 members (excludes halogenated alkanes) is 3. The summed E-state index contributed by atoms with van der Waals surface area (Å²) in [5.74, 6) is 1.63. The number of aryl methyl sites for hydroxylation is 3. The summed E-state index contributed by atoms with van der Waals surface area (Å²) in [5, 5.41) is 0.00257. The molecule has 414 valence electrons. The molecule has 0 N–H and O–H groups in total. The monoisotopic (exact) mass is 1060 g/mol. The van der Waals surface area contributed by atoms with Gasteiger partial charge in [-0.15, -0.1) is 0 Å². The number of hydrogen-bond donors (Lipinski definition) is 0. The van der Waals surface area contributed by atoms with Crippen molar-refractivity contribution in [3.63, 3.8) is 0 Å². The van der Waals surface area contributed by atoms with E-state index in [1.165, 1.54) is 73.6 Å². The van der Waals surface area contributed by atoms with Gasteiger partial charge in [0.05, 0.1) is 31.0 Å². The number of hydrogen-bond acceptors (Lipinski definition) is 7. The quantitative estimate of drug-likeness (QED) is 0.0275. The molecule has 3 aromatic rings. The van der Waals surface area contributed by atoms with Gasteiger partial charge in [0.2, 0.25) is 19.5 Å². The fourth-order valence-corrected chi connectivity index (χ4v) is 12.5. The van der Waals surface area contributed by atoms with E-state index >= 15 is 0 Å². The van der Waals surface area contributed by atoms with E-state index in [0.717, 1.165) is 59.6 Å². The summed E-state index contributed by atoms with van der Waals surface area (Å²) >= 11 is 0. The molecular formula is C66H100O7Si2. The lowest BCUT2D eigenvalue weighted by Crippen LogP contribution is -2.61. The second-order valence-corrected chi connectivity index (χ2v) is 28.8. The fourth-order valence-electron chi connectivity index (χ4n) is 10.9. The highest BCUT2D eigenvalue weighted by molar-refractivity contribution is 6.32. The molecule has 0 aliphatic heterocycles. The van der Waals surface area contributed by atoms with Crippen LogP contribution in [-0.2, 0) is 47.2 Å². The molecular weight excluding hydrogens is 961 g/mol. The summed E-state index contributed by atoms with van der Waals surface area (Å²) in [6.07, 6.45) is 17.8. The first-order valence-electron chi connectivity index (χ1n) is 28.8. The maximum Gasteiger partial charge on any atom is 0.333 e. The number of rotatable bonds is 31. The van der Waals surface area contributed by atoms with E-state index in [4.69, 9.17) is 23.1 Å². The zero-order valence-electron chi connectivity index (χ0n) is 49.8. The highest BCUT2D eigenvalue weighted by Crippen LogP contribution is 2.53. The van der Waals surface area contributed by atoms with Crippen molar-refractivity contribution in [1.82, 2.24) is 0 Å². The van der Waals surface area contributed by atoms with E-state index in [1.54, 1.807) is 13.8 Å². The van der Waals surface area contributed by atoms with Crippen molar-refractivity contribution in [3.05, 3.63) is 101 Å². The molecule has 1 saturated carbocycles. The van der Waals surface area contributed by atoms with E-state index in [9.17, 15) is 9.59 Å². The van der Waals surface area contributed by atoms with E-state index in [-0.39, 0.29) is 35.2 Å². The second-order valence-electron chi connectivity index (χ2n) is 24.9. The van der Waals surface area contributed by atoms with Crippen molar-refractivity contribution < 1.29 is 32.7 Å². The largest absolute Gasteiger partial charge is 0.493 e. The minimum Gasteiger partial charge on any atom is -0.493 e. The molecule has 75 heavy (non-hydrogen) atoms. The minimum atomic E-state index is -0.559. The molecule has 4 rings (SSSR count). The minimum absolute atomic E-state index is 0.00128. The lowest BCUT2D eigenvalue weighted by molar-refractivity contribution is -0.158. The molecule has 3 aromatic carbocycles. The second kappa shape index (κ2) is 29.3. The van der Waals surface area contributed by atoms with Crippen molar-refractivity contribution in [2.24, 2.45) is 11.3 Å². The van der Waals surface area contributed by atoms with E-state index in [0.29, 0.717) is 75.3 Å². The summed E-state index contributed by atoms with van der Waals surface area (Å²) in [6, 6.07) is 20.9. The molecule has 0 bridgehead atoms. The summed E-state index contributed by atoms with van der Waals surface area (Å²) in [7, 11) is 0.607. The smallest absolute Gasteiger partial charge is 0.333 e. The van der Waals surface area contributed by atoms with Crippen molar-refractivity contribution in [3.8, 4) is 28.0 Å². The third kappa shape index (κ3) is 19.3. The Balaban J connectivity index is 1.79. The molecule has 0 saturated heterocycles. The van der Waals surface area contributed by atoms with Crippen LogP contribution in [0.2, 0.25) is 10.1 Å². The van der Waals surface area contributed by atoms with Crippen LogP contribution in [0.5, 0.6) is 5.75 Å². The average Bonchev–Trinajstić information content (AvgIpc) is 3.36. The Kier molecular flexibility index (Phi) is 24.9. The van der Waals surface area contributed by atoms with Gasteiger partial charge in [-0.05, 0) is 191 Å². The highest BCUT2D eigenvalue weighted by atomic mass is 28.2. The van der Waals surface area contributed by atoms with Gasteiger partial charge >= 0.3 is 11.9 Å². The molecule has 4 radical (unpaired) electrons. The molecule has 0 atom stereocenters. The Bertz CT molecular complexity index is 2200. The maximum atomic E-state index is 12.5. The predicted molar refractivity (Wildman–Crippen MR) is 317 cm³/mol. The van der Waals surface area contributed by atoms with E-state index in [2.05, 4.69) is 158 Å². The van der Waals surface area contributed by atoms with Gasteiger partial charge in [0, 0.05) is 16.6 Å². The van der Waals surface area contributed by atoms with Gasteiger partial charge in [-0.25, -0.2) is 9.59 Å². The SMILES string of the molecule is C=C(C)C(=O)OCCCc1cc(-c2ccc(-c3ccc(C4CCC(CCCCC)CC4)cc3)c(CC)c2)cc(CCCOC(=O)C(=C)C)c1OCCC(CCCC)(C(C)(C)O[Si]C(C)(C)C)C(C)(C)O[Si]C(C)(C)C. The van der Waals surface area contributed by atoms with Gasteiger partial charge < -0.3 is 23.1 Å². The Hall–Kier alpha value is -3.77. The van der Waals surface area contributed by atoms with Crippen LogP contribution >= 0.6 is 0 Å². The van der Waals surface area contributed by atoms with Crippen LogP contribution in [0.4, 0.5) is 0 Å². The molecule has 1 fully saturated rings. The summed E-state index contributed by atoms with van der Waals surface area (Å²) in [4.78, 5) is 25.1. The maximum absolute atomic E-state index is 12.5. The topological polar surface area (TPSA) is 80.3 Å². The van der Waals surface area contributed by atoms with Crippen LogP contribution in [0.25, 0.3) is 22.3 Å². The third-order valence-electron chi connectivity index (χ3n) is 15.4. The number of esters is 2. The van der Waals surface area contributed by atoms with Crippen molar-refractivity contribution in [2.75, 3.05) is 19.8 Å². The Morgan fingerprint density at radius 1 is 0.573 bits per heavy atom. The number of benzene rings is 3. The summed E-state index contributed by atoms with van der Waals surface area (Å²) < 4.78 is 32.7. The van der Waals surface area contributed by atoms with Crippen molar-refractivity contribution >= 4 is 31.5 Å². The number of ether oxygens (including phenoxy) is 3. The Labute approximate surface area is 462 Å². The van der Waals surface area contributed by atoms with Crippen LogP contribution in [0, 0.1) is 11.3 Å². The third-order valence-corrected chi connectivity index (χ3v) is 17.9. The molecule has 0 spiro atoms. The summed E-state index contributed by atoms with van der Waals surface area (Å²) in [6.45, 7) is 41.2. The van der Waals surface area contributed by atoms with Gasteiger partial charge in [-0.3, -0.25) is 0 Å².